The van der Waals surface area contributed by atoms with Gasteiger partial charge in [-0.15, -0.1) is 0 Å². The van der Waals surface area contributed by atoms with Gasteiger partial charge in [0.2, 0.25) is 0 Å². The number of carbonyl (C=O) groups excluding carboxylic acids is 1. The zero-order valence-corrected chi connectivity index (χ0v) is 11.3. The zero-order valence-electron chi connectivity index (χ0n) is 10.5. The van der Waals surface area contributed by atoms with Crippen molar-refractivity contribution in [2.24, 2.45) is 0 Å². The third kappa shape index (κ3) is 4.03. The predicted octanol–water partition coefficient (Wildman–Crippen LogP) is 1.06. The van der Waals surface area contributed by atoms with E-state index in [0.717, 1.165) is 5.56 Å². The van der Waals surface area contributed by atoms with Gasteiger partial charge in [-0.3, -0.25) is 4.79 Å². The predicted molar refractivity (Wildman–Crippen MR) is 69.7 cm³/mol. The van der Waals surface area contributed by atoms with Crippen molar-refractivity contribution in [1.29, 1.82) is 0 Å². The van der Waals surface area contributed by atoms with E-state index in [-0.39, 0.29) is 12.4 Å². The Balaban J connectivity index is 2.83. The highest BCUT2D eigenvalue weighted by Crippen LogP contribution is 2.18. The molecule has 0 unspecified atom stereocenters. The summed E-state index contributed by atoms with van der Waals surface area (Å²) in [5.41, 5.74) is 7.58. The SMILES string of the molecule is CCOC(=O)CS(=O)(=O)Cc1cccc(N)c1C. The van der Waals surface area contributed by atoms with Crippen LogP contribution in [0, 0.1) is 6.92 Å². The molecule has 0 amide bonds. The molecule has 0 bridgehead atoms. The van der Waals surface area contributed by atoms with Crippen molar-refractivity contribution in [3.8, 4) is 0 Å². The number of benzene rings is 1. The van der Waals surface area contributed by atoms with Crippen LogP contribution in [0.25, 0.3) is 0 Å². The number of nitrogen functional groups attached to an aromatic ring is 1. The van der Waals surface area contributed by atoms with E-state index in [1.807, 2.05) is 0 Å². The third-order valence-electron chi connectivity index (χ3n) is 2.51. The second kappa shape index (κ2) is 5.86. The summed E-state index contributed by atoms with van der Waals surface area (Å²) in [6.45, 7) is 3.56. The second-order valence-electron chi connectivity index (χ2n) is 3.97. The van der Waals surface area contributed by atoms with E-state index in [1.54, 1.807) is 32.0 Å². The maximum absolute atomic E-state index is 11.8. The summed E-state index contributed by atoms with van der Waals surface area (Å²) in [7, 11) is -3.53. The number of esters is 1. The van der Waals surface area contributed by atoms with Gasteiger partial charge in [0.05, 0.1) is 12.4 Å². The summed E-state index contributed by atoms with van der Waals surface area (Å²) in [6, 6.07) is 5.09. The van der Waals surface area contributed by atoms with Crippen molar-refractivity contribution in [1.82, 2.24) is 0 Å². The molecule has 0 aromatic heterocycles. The van der Waals surface area contributed by atoms with E-state index in [2.05, 4.69) is 4.74 Å². The highest BCUT2D eigenvalue weighted by molar-refractivity contribution is 7.91. The summed E-state index contributed by atoms with van der Waals surface area (Å²) in [4.78, 5) is 11.2. The van der Waals surface area contributed by atoms with Crippen LogP contribution in [0.3, 0.4) is 0 Å². The molecule has 0 atom stereocenters. The van der Waals surface area contributed by atoms with Crippen molar-refractivity contribution in [3.05, 3.63) is 29.3 Å². The molecule has 100 valence electrons. The maximum Gasteiger partial charge on any atom is 0.321 e. The molecule has 1 aromatic carbocycles. The maximum atomic E-state index is 11.8. The lowest BCUT2D eigenvalue weighted by molar-refractivity contribution is -0.139. The normalized spacial score (nSPS) is 11.2. The Morgan fingerprint density at radius 2 is 2.06 bits per heavy atom. The van der Waals surface area contributed by atoms with Crippen molar-refractivity contribution in [2.45, 2.75) is 19.6 Å². The second-order valence-corrected chi connectivity index (χ2v) is 6.03. The first-order valence-corrected chi connectivity index (χ1v) is 7.38. The van der Waals surface area contributed by atoms with Crippen molar-refractivity contribution in [2.75, 3.05) is 18.1 Å². The summed E-state index contributed by atoms with van der Waals surface area (Å²) in [5, 5.41) is 0. The number of sulfone groups is 1. The molecule has 0 aliphatic heterocycles. The molecular weight excluding hydrogens is 254 g/mol. The van der Waals surface area contributed by atoms with E-state index in [9.17, 15) is 13.2 Å². The molecule has 0 heterocycles. The minimum Gasteiger partial charge on any atom is -0.465 e. The summed E-state index contributed by atoms with van der Waals surface area (Å²) in [6.07, 6.45) is 0. The van der Waals surface area contributed by atoms with E-state index in [1.165, 1.54) is 0 Å². The third-order valence-corrected chi connectivity index (χ3v) is 3.93. The molecule has 1 rings (SSSR count). The van der Waals surface area contributed by atoms with Gasteiger partial charge in [-0.25, -0.2) is 8.42 Å². The highest BCUT2D eigenvalue weighted by Gasteiger charge is 2.19. The number of nitrogens with two attached hydrogens (primary N) is 1. The quantitative estimate of drug-likeness (QED) is 0.639. The van der Waals surface area contributed by atoms with E-state index in [4.69, 9.17) is 5.73 Å². The van der Waals surface area contributed by atoms with Crippen LogP contribution in [0.4, 0.5) is 5.69 Å². The van der Waals surface area contributed by atoms with Crippen molar-refractivity contribution >= 4 is 21.5 Å². The molecule has 18 heavy (non-hydrogen) atoms. The zero-order chi connectivity index (χ0) is 13.8. The molecule has 2 N–H and O–H groups in total. The number of ether oxygens (including phenoxy) is 1. The Morgan fingerprint density at radius 1 is 1.39 bits per heavy atom. The molecule has 5 nitrogen and oxygen atoms in total. The molecule has 0 radical (unpaired) electrons. The van der Waals surface area contributed by atoms with Crippen LogP contribution in [0.5, 0.6) is 0 Å². The van der Waals surface area contributed by atoms with Gasteiger partial charge in [0.15, 0.2) is 9.84 Å². The minimum absolute atomic E-state index is 0.172. The van der Waals surface area contributed by atoms with Gasteiger partial charge in [-0.05, 0) is 31.0 Å². The van der Waals surface area contributed by atoms with Crippen LogP contribution in [0.1, 0.15) is 18.1 Å². The first kappa shape index (κ1) is 14.5. The van der Waals surface area contributed by atoms with Gasteiger partial charge in [-0.2, -0.15) is 0 Å². The van der Waals surface area contributed by atoms with Gasteiger partial charge >= 0.3 is 5.97 Å². The number of hydrogen-bond donors (Lipinski definition) is 1. The largest absolute Gasteiger partial charge is 0.465 e. The number of rotatable bonds is 5. The molecule has 0 aliphatic carbocycles. The number of carbonyl (C=O) groups is 1. The van der Waals surface area contributed by atoms with Crippen LogP contribution < -0.4 is 5.73 Å². The lowest BCUT2D eigenvalue weighted by Crippen LogP contribution is -2.20. The first-order valence-electron chi connectivity index (χ1n) is 5.55. The van der Waals surface area contributed by atoms with Gasteiger partial charge in [0, 0.05) is 5.69 Å². The van der Waals surface area contributed by atoms with Crippen LogP contribution >= 0.6 is 0 Å². The molecule has 0 saturated heterocycles. The Labute approximate surface area is 107 Å². The standard InChI is InChI=1S/C12H17NO4S/c1-3-17-12(14)8-18(15,16)7-10-5-4-6-11(13)9(10)2/h4-6H,3,7-8,13H2,1-2H3. The van der Waals surface area contributed by atoms with Crippen molar-refractivity contribution < 1.29 is 17.9 Å². The molecule has 0 spiro atoms. The molecule has 1 aromatic rings. The van der Waals surface area contributed by atoms with Gasteiger partial charge < -0.3 is 10.5 Å². The monoisotopic (exact) mass is 271 g/mol. The lowest BCUT2D eigenvalue weighted by Gasteiger charge is -2.09. The number of anilines is 1. The number of hydrogen-bond acceptors (Lipinski definition) is 5. The average molecular weight is 271 g/mol. The molecular formula is C12H17NO4S. The Morgan fingerprint density at radius 3 is 2.67 bits per heavy atom. The van der Waals surface area contributed by atoms with E-state index < -0.39 is 21.6 Å². The van der Waals surface area contributed by atoms with Gasteiger partial charge in [0.25, 0.3) is 0 Å². The fraction of sp³-hybridized carbons (Fsp3) is 0.417. The van der Waals surface area contributed by atoms with Gasteiger partial charge in [-0.1, -0.05) is 12.1 Å². The van der Waals surface area contributed by atoms with Crippen LogP contribution in [-0.2, 0) is 25.1 Å². The minimum atomic E-state index is -3.53. The van der Waals surface area contributed by atoms with Crippen molar-refractivity contribution in [3.63, 3.8) is 0 Å². The molecule has 0 fully saturated rings. The highest BCUT2D eigenvalue weighted by atomic mass is 32.2. The fourth-order valence-corrected chi connectivity index (χ4v) is 2.86. The molecule has 6 heteroatoms. The topological polar surface area (TPSA) is 86.5 Å². The average Bonchev–Trinajstić information content (AvgIpc) is 2.24. The van der Waals surface area contributed by atoms with E-state index >= 15 is 0 Å². The van der Waals surface area contributed by atoms with Crippen LogP contribution in [0.2, 0.25) is 0 Å². The fourth-order valence-electron chi connectivity index (χ4n) is 1.53. The molecule has 0 saturated carbocycles. The first-order chi connectivity index (χ1) is 8.35. The Bertz CT molecular complexity index is 537. The summed E-state index contributed by atoms with van der Waals surface area (Å²) < 4.78 is 28.2. The Hall–Kier alpha value is -1.56. The van der Waals surface area contributed by atoms with E-state index in [0.29, 0.717) is 11.3 Å². The lowest BCUT2D eigenvalue weighted by atomic mass is 10.1. The molecule has 0 aliphatic rings. The van der Waals surface area contributed by atoms with Gasteiger partial charge in [0.1, 0.15) is 5.75 Å². The van der Waals surface area contributed by atoms with Crippen LogP contribution in [-0.4, -0.2) is 26.7 Å². The Kier molecular flexibility index (Phi) is 4.72. The van der Waals surface area contributed by atoms with Crippen LogP contribution in [0.15, 0.2) is 18.2 Å². The summed E-state index contributed by atoms with van der Waals surface area (Å²) >= 11 is 0. The smallest absolute Gasteiger partial charge is 0.321 e. The summed E-state index contributed by atoms with van der Waals surface area (Å²) in [5.74, 6) is -1.53.